The topological polar surface area (TPSA) is 93.9 Å². The Kier molecular flexibility index (Phi) is 5.37. The van der Waals surface area contributed by atoms with Crippen LogP contribution in [0, 0.1) is 11.7 Å². The quantitative estimate of drug-likeness (QED) is 0.620. The third kappa shape index (κ3) is 3.67. The lowest BCUT2D eigenvalue weighted by Gasteiger charge is -2.33. The van der Waals surface area contributed by atoms with Gasteiger partial charge in [-0.3, -0.25) is 9.20 Å². The summed E-state index contributed by atoms with van der Waals surface area (Å²) < 4.78 is 27.2. The molecule has 0 atom stereocenters. The first-order valence-corrected chi connectivity index (χ1v) is 11.6. The number of rotatable bonds is 5. The minimum absolute atomic E-state index is 0.00296. The SMILES string of the molecule is O=C(C1COC1)N1CC=C(c2cnc(NCc3c(F)ccc4c3CCCO4)n3cnnc23)CC1. The second-order valence-electron chi connectivity index (χ2n) is 8.83. The molecule has 0 aliphatic carbocycles. The highest BCUT2D eigenvalue weighted by Crippen LogP contribution is 2.31. The molecule has 3 aromatic rings. The molecule has 0 unspecified atom stereocenters. The number of nitrogens with one attached hydrogen (secondary N) is 1. The number of anilines is 1. The van der Waals surface area contributed by atoms with E-state index in [1.54, 1.807) is 23.0 Å². The number of carbonyl (C=O) groups excluding carboxylic acids is 1. The van der Waals surface area contributed by atoms with Gasteiger partial charge in [-0.15, -0.1) is 10.2 Å². The maximum atomic E-state index is 14.6. The fourth-order valence-corrected chi connectivity index (χ4v) is 4.77. The zero-order valence-corrected chi connectivity index (χ0v) is 18.7. The summed E-state index contributed by atoms with van der Waals surface area (Å²) in [6, 6.07) is 3.15. The van der Waals surface area contributed by atoms with Crippen molar-refractivity contribution < 1.29 is 18.7 Å². The number of halogens is 1. The van der Waals surface area contributed by atoms with Crippen LogP contribution in [0.5, 0.6) is 5.75 Å². The van der Waals surface area contributed by atoms with Gasteiger partial charge in [0.1, 0.15) is 17.9 Å². The fourth-order valence-electron chi connectivity index (χ4n) is 4.77. The van der Waals surface area contributed by atoms with Crippen molar-refractivity contribution >= 4 is 23.1 Å². The van der Waals surface area contributed by atoms with E-state index >= 15 is 0 Å². The molecular formula is C24H25FN6O3. The standard InChI is InChI=1S/C24H25FN6O3/c25-20-3-4-21-17(2-1-9-34-21)19(20)11-27-24-26-10-18(22-29-28-14-31(22)24)15-5-7-30(8-6-15)23(32)16-12-33-13-16/h3-5,10,14,16H,1-2,6-9,11-13H2,(H,26,27). The second kappa shape index (κ2) is 8.68. The average molecular weight is 465 g/mol. The number of amides is 1. The molecule has 1 aromatic carbocycles. The van der Waals surface area contributed by atoms with E-state index in [1.165, 1.54) is 6.07 Å². The molecule has 5 heterocycles. The van der Waals surface area contributed by atoms with Gasteiger partial charge < -0.3 is 19.7 Å². The molecular weight excluding hydrogens is 439 g/mol. The minimum atomic E-state index is -0.256. The number of hydrogen-bond donors (Lipinski definition) is 1. The van der Waals surface area contributed by atoms with Gasteiger partial charge in [0.25, 0.3) is 0 Å². The molecule has 34 heavy (non-hydrogen) atoms. The first kappa shape index (κ1) is 21.0. The van der Waals surface area contributed by atoms with Gasteiger partial charge in [-0.25, -0.2) is 9.37 Å². The van der Waals surface area contributed by atoms with Gasteiger partial charge in [0.15, 0.2) is 5.65 Å². The summed E-state index contributed by atoms with van der Waals surface area (Å²) in [5.41, 5.74) is 4.16. The summed E-state index contributed by atoms with van der Waals surface area (Å²) in [5, 5.41) is 11.6. The first-order valence-electron chi connectivity index (χ1n) is 11.6. The van der Waals surface area contributed by atoms with Gasteiger partial charge in [0, 0.05) is 42.5 Å². The number of ether oxygens (including phenoxy) is 2. The van der Waals surface area contributed by atoms with E-state index in [0.29, 0.717) is 50.1 Å². The van der Waals surface area contributed by atoms with Crippen LogP contribution in [0.1, 0.15) is 29.5 Å². The highest BCUT2D eigenvalue weighted by molar-refractivity contribution is 5.82. The van der Waals surface area contributed by atoms with E-state index in [-0.39, 0.29) is 24.2 Å². The molecule has 1 N–H and O–H groups in total. The van der Waals surface area contributed by atoms with Crippen molar-refractivity contribution in [3.05, 3.63) is 53.2 Å². The summed E-state index contributed by atoms with van der Waals surface area (Å²) in [5.74, 6) is 1.19. The summed E-state index contributed by atoms with van der Waals surface area (Å²) >= 11 is 0. The predicted octanol–water partition coefficient (Wildman–Crippen LogP) is 2.46. The molecule has 2 aromatic heterocycles. The molecule has 0 bridgehead atoms. The Balaban J connectivity index is 1.22. The zero-order chi connectivity index (χ0) is 23.1. The summed E-state index contributed by atoms with van der Waals surface area (Å²) in [7, 11) is 0. The molecule has 3 aliphatic rings. The monoisotopic (exact) mass is 464 g/mol. The third-order valence-corrected chi connectivity index (χ3v) is 6.77. The van der Waals surface area contributed by atoms with Gasteiger partial charge in [-0.05, 0) is 37.0 Å². The van der Waals surface area contributed by atoms with Crippen LogP contribution in [-0.4, -0.2) is 63.3 Å². The lowest BCUT2D eigenvalue weighted by atomic mass is 9.99. The Morgan fingerprint density at radius 3 is 2.97 bits per heavy atom. The molecule has 0 spiro atoms. The van der Waals surface area contributed by atoms with Crippen molar-refractivity contribution in [1.29, 1.82) is 0 Å². The lowest BCUT2D eigenvalue weighted by Crippen LogP contribution is -2.46. The highest BCUT2D eigenvalue weighted by atomic mass is 19.1. The Labute approximate surface area is 195 Å². The van der Waals surface area contributed by atoms with Crippen LogP contribution < -0.4 is 10.1 Å². The molecule has 1 saturated heterocycles. The molecule has 10 heteroatoms. The second-order valence-corrected chi connectivity index (χ2v) is 8.83. The Bertz CT molecular complexity index is 1290. The van der Waals surface area contributed by atoms with Crippen molar-refractivity contribution in [2.75, 3.05) is 38.2 Å². The van der Waals surface area contributed by atoms with Crippen molar-refractivity contribution in [1.82, 2.24) is 24.5 Å². The van der Waals surface area contributed by atoms with E-state index < -0.39 is 0 Å². The number of fused-ring (bicyclic) bond motifs is 2. The summed E-state index contributed by atoms with van der Waals surface area (Å²) in [6.45, 7) is 3.20. The van der Waals surface area contributed by atoms with Crippen LogP contribution in [0.25, 0.3) is 11.2 Å². The maximum Gasteiger partial charge on any atom is 0.230 e. The van der Waals surface area contributed by atoms with E-state index in [0.717, 1.165) is 41.7 Å². The van der Waals surface area contributed by atoms with E-state index in [2.05, 4.69) is 26.6 Å². The zero-order valence-electron chi connectivity index (χ0n) is 18.7. The Morgan fingerprint density at radius 1 is 1.26 bits per heavy atom. The molecule has 1 amide bonds. The summed E-state index contributed by atoms with van der Waals surface area (Å²) in [6.07, 6.45) is 7.82. The predicted molar refractivity (Wildman–Crippen MR) is 122 cm³/mol. The minimum Gasteiger partial charge on any atom is -0.493 e. The third-order valence-electron chi connectivity index (χ3n) is 6.77. The number of carbonyl (C=O) groups is 1. The Hall–Kier alpha value is -3.53. The fraction of sp³-hybridized carbons (Fsp3) is 0.417. The van der Waals surface area contributed by atoms with Gasteiger partial charge >= 0.3 is 0 Å². The van der Waals surface area contributed by atoms with Crippen LogP contribution >= 0.6 is 0 Å². The van der Waals surface area contributed by atoms with Crippen molar-refractivity contribution in [2.45, 2.75) is 25.8 Å². The molecule has 3 aliphatic heterocycles. The van der Waals surface area contributed by atoms with Crippen LogP contribution in [-0.2, 0) is 22.5 Å². The molecule has 176 valence electrons. The number of hydrogen-bond acceptors (Lipinski definition) is 7. The first-order chi connectivity index (χ1) is 16.7. The summed E-state index contributed by atoms with van der Waals surface area (Å²) in [4.78, 5) is 18.9. The van der Waals surface area contributed by atoms with Gasteiger partial charge in [-0.1, -0.05) is 6.08 Å². The van der Waals surface area contributed by atoms with Crippen LogP contribution in [0.3, 0.4) is 0 Å². The van der Waals surface area contributed by atoms with Crippen molar-refractivity contribution in [3.63, 3.8) is 0 Å². The highest BCUT2D eigenvalue weighted by Gasteiger charge is 2.31. The largest absolute Gasteiger partial charge is 0.493 e. The lowest BCUT2D eigenvalue weighted by molar-refractivity contribution is -0.149. The smallest absolute Gasteiger partial charge is 0.230 e. The van der Waals surface area contributed by atoms with E-state index in [1.807, 2.05) is 4.90 Å². The number of benzene rings is 1. The van der Waals surface area contributed by atoms with E-state index in [4.69, 9.17) is 9.47 Å². The molecule has 0 radical (unpaired) electrons. The van der Waals surface area contributed by atoms with Crippen LogP contribution in [0.4, 0.5) is 10.3 Å². The maximum absolute atomic E-state index is 14.6. The molecule has 1 fully saturated rings. The van der Waals surface area contributed by atoms with Gasteiger partial charge in [0.05, 0.1) is 25.7 Å². The van der Waals surface area contributed by atoms with Crippen LogP contribution in [0.15, 0.2) is 30.7 Å². The molecule has 0 saturated carbocycles. The van der Waals surface area contributed by atoms with Crippen LogP contribution in [0.2, 0.25) is 0 Å². The molecule has 9 nitrogen and oxygen atoms in total. The Morgan fingerprint density at radius 2 is 2.18 bits per heavy atom. The van der Waals surface area contributed by atoms with Gasteiger partial charge in [0.2, 0.25) is 11.9 Å². The van der Waals surface area contributed by atoms with E-state index in [9.17, 15) is 9.18 Å². The molecule has 6 rings (SSSR count). The number of nitrogens with zero attached hydrogens (tertiary/aromatic N) is 5. The van der Waals surface area contributed by atoms with Gasteiger partial charge in [-0.2, -0.15) is 0 Å². The van der Waals surface area contributed by atoms with Crippen molar-refractivity contribution in [2.24, 2.45) is 5.92 Å². The average Bonchev–Trinajstić information content (AvgIpc) is 3.33. The number of aromatic nitrogens is 4. The van der Waals surface area contributed by atoms with Crippen molar-refractivity contribution in [3.8, 4) is 5.75 Å². The normalized spacial score (nSPS) is 18.1.